The first-order valence-corrected chi connectivity index (χ1v) is 10.6. The topological polar surface area (TPSA) is 110 Å². The average Bonchev–Trinajstić information content (AvgIpc) is 3.22. The summed E-state index contributed by atoms with van der Waals surface area (Å²) in [4.78, 5) is 23.8. The van der Waals surface area contributed by atoms with Crippen LogP contribution in [0.25, 0.3) is 5.69 Å². The van der Waals surface area contributed by atoms with Crippen LogP contribution in [-0.4, -0.2) is 54.1 Å². The molecule has 1 aromatic heterocycles. The molecule has 8 nitrogen and oxygen atoms in total. The molecular formula is C18H22N4O4S. The van der Waals surface area contributed by atoms with Crippen molar-refractivity contribution in [3.8, 4) is 5.69 Å². The Kier molecular flexibility index (Phi) is 5.90. The van der Waals surface area contributed by atoms with E-state index in [0.717, 1.165) is 11.3 Å². The van der Waals surface area contributed by atoms with E-state index in [0.29, 0.717) is 6.42 Å². The summed E-state index contributed by atoms with van der Waals surface area (Å²) in [6.45, 7) is 0.205. The highest BCUT2D eigenvalue weighted by Gasteiger charge is 2.28. The predicted octanol–water partition coefficient (Wildman–Crippen LogP) is 0.224. The molecule has 0 bridgehead atoms. The molecule has 0 aliphatic carbocycles. The van der Waals surface area contributed by atoms with Crippen molar-refractivity contribution in [2.75, 3.05) is 18.1 Å². The number of hydrogen-bond acceptors (Lipinski definition) is 5. The Morgan fingerprint density at radius 2 is 1.96 bits per heavy atom. The van der Waals surface area contributed by atoms with Crippen LogP contribution in [0.15, 0.2) is 42.7 Å². The lowest BCUT2D eigenvalue weighted by atomic mass is 10.2. The van der Waals surface area contributed by atoms with E-state index in [2.05, 4.69) is 15.7 Å². The zero-order valence-corrected chi connectivity index (χ0v) is 15.6. The Labute approximate surface area is 157 Å². The normalized spacial score (nSPS) is 18.1. The summed E-state index contributed by atoms with van der Waals surface area (Å²) in [5.41, 5.74) is 1.69. The van der Waals surface area contributed by atoms with Gasteiger partial charge in [0.05, 0.1) is 29.8 Å². The Hall–Kier alpha value is -2.68. The highest BCUT2D eigenvalue weighted by molar-refractivity contribution is 7.91. The molecule has 144 valence electrons. The van der Waals surface area contributed by atoms with Crippen molar-refractivity contribution < 1.29 is 18.0 Å². The number of nitrogens with one attached hydrogen (secondary N) is 2. The SMILES string of the molecule is O=C(Cc1cnn(-c2ccccc2)c1)NCCC(=O)N[C@@H]1CCS(=O)(=O)C1. The van der Waals surface area contributed by atoms with Crippen molar-refractivity contribution >= 4 is 21.7 Å². The maximum absolute atomic E-state index is 12.0. The van der Waals surface area contributed by atoms with Crippen molar-refractivity contribution in [1.82, 2.24) is 20.4 Å². The molecular weight excluding hydrogens is 368 g/mol. The molecule has 1 aliphatic heterocycles. The lowest BCUT2D eigenvalue weighted by Crippen LogP contribution is -2.37. The van der Waals surface area contributed by atoms with Gasteiger partial charge in [-0.2, -0.15) is 5.10 Å². The molecule has 1 aliphatic rings. The van der Waals surface area contributed by atoms with E-state index >= 15 is 0 Å². The first-order valence-electron chi connectivity index (χ1n) is 8.77. The molecule has 1 aromatic carbocycles. The van der Waals surface area contributed by atoms with Gasteiger partial charge in [0.2, 0.25) is 11.8 Å². The lowest BCUT2D eigenvalue weighted by molar-refractivity contribution is -0.122. The van der Waals surface area contributed by atoms with E-state index in [1.54, 1.807) is 17.1 Å². The number of aromatic nitrogens is 2. The predicted molar refractivity (Wildman–Crippen MR) is 100 cm³/mol. The fraction of sp³-hybridized carbons (Fsp3) is 0.389. The summed E-state index contributed by atoms with van der Waals surface area (Å²) in [6.07, 6.45) is 4.18. The Bertz CT molecular complexity index is 908. The van der Waals surface area contributed by atoms with Crippen molar-refractivity contribution in [3.05, 3.63) is 48.3 Å². The molecule has 2 amide bonds. The highest BCUT2D eigenvalue weighted by Crippen LogP contribution is 2.11. The van der Waals surface area contributed by atoms with Gasteiger partial charge in [0, 0.05) is 25.2 Å². The first-order chi connectivity index (χ1) is 12.9. The van der Waals surface area contributed by atoms with Crippen LogP contribution >= 0.6 is 0 Å². The van der Waals surface area contributed by atoms with Crippen LogP contribution in [0.2, 0.25) is 0 Å². The van der Waals surface area contributed by atoms with E-state index in [1.165, 1.54) is 0 Å². The van der Waals surface area contributed by atoms with Crippen LogP contribution in [0.1, 0.15) is 18.4 Å². The molecule has 0 spiro atoms. The molecule has 2 N–H and O–H groups in total. The number of rotatable bonds is 7. The van der Waals surface area contributed by atoms with Crippen LogP contribution in [-0.2, 0) is 25.8 Å². The summed E-state index contributed by atoms with van der Waals surface area (Å²) < 4.78 is 24.5. The van der Waals surface area contributed by atoms with Crippen LogP contribution in [0.5, 0.6) is 0 Å². The van der Waals surface area contributed by atoms with E-state index in [-0.39, 0.29) is 48.7 Å². The van der Waals surface area contributed by atoms with Crippen molar-refractivity contribution in [2.24, 2.45) is 0 Å². The number of hydrogen-bond donors (Lipinski definition) is 2. The number of benzene rings is 1. The molecule has 27 heavy (non-hydrogen) atoms. The zero-order chi connectivity index (χ0) is 19.3. The third kappa shape index (κ3) is 5.65. The minimum Gasteiger partial charge on any atom is -0.355 e. The molecule has 0 radical (unpaired) electrons. The van der Waals surface area contributed by atoms with Crippen molar-refractivity contribution in [3.63, 3.8) is 0 Å². The summed E-state index contributed by atoms with van der Waals surface area (Å²) in [5, 5.41) is 9.63. The number of sulfone groups is 1. The molecule has 2 heterocycles. The Morgan fingerprint density at radius 1 is 1.19 bits per heavy atom. The van der Waals surface area contributed by atoms with Gasteiger partial charge in [0.15, 0.2) is 9.84 Å². The van der Waals surface area contributed by atoms with Crippen molar-refractivity contribution in [2.45, 2.75) is 25.3 Å². The third-order valence-electron chi connectivity index (χ3n) is 4.29. The van der Waals surface area contributed by atoms with Crippen LogP contribution in [0, 0.1) is 0 Å². The second kappa shape index (κ2) is 8.34. The molecule has 1 fully saturated rings. The summed E-state index contributed by atoms with van der Waals surface area (Å²) in [7, 11) is -3.02. The molecule has 3 rings (SSSR count). The van der Waals surface area contributed by atoms with E-state index in [4.69, 9.17) is 0 Å². The third-order valence-corrected chi connectivity index (χ3v) is 6.06. The van der Waals surface area contributed by atoms with E-state index < -0.39 is 9.84 Å². The van der Waals surface area contributed by atoms with Crippen molar-refractivity contribution in [1.29, 1.82) is 0 Å². The largest absolute Gasteiger partial charge is 0.355 e. The lowest BCUT2D eigenvalue weighted by Gasteiger charge is -2.11. The van der Waals surface area contributed by atoms with Gasteiger partial charge in [-0.05, 0) is 24.1 Å². The van der Waals surface area contributed by atoms with Gasteiger partial charge in [-0.25, -0.2) is 13.1 Å². The van der Waals surface area contributed by atoms with Gasteiger partial charge < -0.3 is 10.6 Å². The minimum atomic E-state index is -3.02. The molecule has 9 heteroatoms. The second-order valence-corrected chi connectivity index (χ2v) is 8.80. The number of carbonyl (C=O) groups excluding carboxylic acids is 2. The molecule has 1 atom stereocenters. The highest BCUT2D eigenvalue weighted by atomic mass is 32.2. The average molecular weight is 390 g/mol. The minimum absolute atomic E-state index is 0.00347. The molecule has 1 saturated heterocycles. The molecule has 2 aromatic rings. The Morgan fingerprint density at radius 3 is 2.67 bits per heavy atom. The maximum atomic E-state index is 12.0. The van der Waals surface area contributed by atoms with Crippen LogP contribution in [0.3, 0.4) is 0 Å². The molecule has 0 saturated carbocycles. The number of para-hydroxylation sites is 1. The standard InChI is InChI=1S/C18H22N4O4S/c23-17(21-15-7-9-27(25,26)13-15)6-8-19-18(24)10-14-11-20-22(12-14)16-4-2-1-3-5-16/h1-5,11-12,15H,6-10,13H2,(H,19,24)(H,21,23)/t15-/m1/s1. The van der Waals surface area contributed by atoms with Gasteiger partial charge >= 0.3 is 0 Å². The summed E-state index contributed by atoms with van der Waals surface area (Å²) in [6, 6.07) is 9.27. The quantitative estimate of drug-likeness (QED) is 0.703. The summed E-state index contributed by atoms with van der Waals surface area (Å²) >= 11 is 0. The number of nitrogens with zero attached hydrogens (tertiary/aromatic N) is 2. The van der Waals surface area contributed by atoms with Crippen LogP contribution < -0.4 is 10.6 Å². The number of amides is 2. The zero-order valence-electron chi connectivity index (χ0n) is 14.8. The number of carbonyl (C=O) groups is 2. The fourth-order valence-corrected chi connectivity index (χ4v) is 4.62. The monoisotopic (exact) mass is 390 g/mol. The van der Waals surface area contributed by atoms with E-state index in [9.17, 15) is 18.0 Å². The van der Waals surface area contributed by atoms with Gasteiger partial charge in [-0.1, -0.05) is 18.2 Å². The maximum Gasteiger partial charge on any atom is 0.224 e. The molecule has 0 unspecified atom stereocenters. The van der Waals surface area contributed by atoms with Gasteiger partial charge in [0.1, 0.15) is 0 Å². The second-order valence-electron chi connectivity index (χ2n) is 6.57. The Balaban J connectivity index is 1.39. The first kappa shape index (κ1) is 19.1. The smallest absolute Gasteiger partial charge is 0.224 e. The fourth-order valence-electron chi connectivity index (χ4n) is 2.95. The van der Waals surface area contributed by atoms with Gasteiger partial charge in [0.25, 0.3) is 0 Å². The van der Waals surface area contributed by atoms with E-state index in [1.807, 2.05) is 30.3 Å². The van der Waals surface area contributed by atoms with Gasteiger partial charge in [-0.15, -0.1) is 0 Å². The van der Waals surface area contributed by atoms with Crippen LogP contribution in [0.4, 0.5) is 0 Å². The van der Waals surface area contributed by atoms with Gasteiger partial charge in [-0.3, -0.25) is 9.59 Å². The summed E-state index contributed by atoms with van der Waals surface area (Å²) in [5.74, 6) is -0.338.